The molecule has 1 aromatic rings. The zero-order valence-electron chi connectivity index (χ0n) is 6.16. The quantitative estimate of drug-likeness (QED) is 0.683. The van der Waals surface area contributed by atoms with Crippen molar-refractivity contribution in [2.24, 2.45) is 0 Å². The average Bonchev–Trinajstić information content (AvgIpc) is 2.06. The topological polar surface area (TPSA) is 46.5 Å². The first kappa shape index (κ1) is 8.52. The van der Waals surface area contributed by atoms with E-state index in [0.717, 1.165) is 0 Å². The van der Waals surface area contributed by atoms with Gasteiger partial charge in [0.2, 0.25) is 6.86 Å². The monoisotopic (exact) mass is 170 g/mol. The number of phenols is 1. The predicted molar refractivity (Wildman–Crippen MR) is 39.5 cm³/mol. The van der Waals surface area contributed by atoms with Crippen LogP contribution in [-0.2, 0) is 4.74 Å². The molecule has 0 aliphatic carbocycles. The Bertz CT molecular complexity index is 268. The minimum atomic E-state index is -1.14. The molecule has 64 valence electrons. The zero-order valence-corrected chi connectivity index (χ0v) is 6.16. The van der Waals surface area contributed by atoms with Gasteiger partial charge in [0.15, 0.2) is 0 Å². The summed E-state index contributed by atoms with van der Waals surface area (Å²) in [6.45, 7) is -1.14. The molecule has 1 aromatic carbocycles. The molecule has 4 heteroatoms. The molecule has 0 bridgehead atoms. The van der Waals surface area contributed by atoms with Gasteiger partial charge in [0.1, 0.15) is 5.75 Å². The van der Waals surface area contributed by atoms with Gasteiger partial charge in [-0.05, 0) is 24.3 Å². The molecule has 0 aromatic heterocycles. The second-order valence-electron chi connectivity index (χ2n) is 2.09. The van der Waals surface area contributed by atoms with Crippen molar-refractivity contribution < 1.29 is 19.0 Å². The van der Waals surface area contributed by atoms with E-state index in [9.17, 15) is 9.18 Å². The number of hydrogen-bond acceptors (Lipinski definition) is 3. The Labute approximate surface area is 68.4 Å². The van der Waals surface area contributed by atoms with E-state index in [1.54, 1.807) is 0 Å². The summed E-state index contributed by atoms with van der Waals surface area (Å²) in [5, 5.41) is 8.84. The van der Waals surface area contributed by atoms with Crippen LogP contribution < -0.4 is 0 Å². The molecular weight excluding hydrogens is 163 g/mol. The van der Waals surface area contributed by atoms with Crippen LogP contribution in [0.4, 0.5) is 4.39 Å². The molecule has 0 aliphatic heterocycles. The highest BCUT2D eigenvalue weighted by Crippen LogP contribution is 2.10. The Morgan fingerprint density at radius 3 is 2.50 bits per heavy atom. The lowest BCUT2D eigenvalue weighted by molar-refractivity contribution is 0.0324. The lowest BCUT2D eigenvalue weighted by Gasteiger charge is -1.98. The van der Waals surface area contributed by atoms with Crippen molar-refractivity contribution >= 4 is 5.97 Å². The van der Waals surface area contributed by atoms with Crippen LogP contribution in [0.5, 0.6) is 5.75 Å². The lowest BCUT2D eigenvalue weighted by Crippen LogP contribution is -2.03. The van der Waals surface area contributed by atoms with Crippen LogP contribution in [0.1, 0.15) is 10.4 Å². The highest BCUT2D eigenvalue weighted by atomic mass is 19.1. The van der Waals surface area contributed by atoms with Crippen LogP contribution >= 0.6 is 0 Å². The van der Waals surface area contributed by atoms with Crippen LogP contribution in [0.25, 0.3) is 0 Å². The third kappa shape index (κ3) is 1.95. The summed E-state index contributed by atoms with van der Waals surface area (Å²) in [4.78, 5) is 10.8. The normalized spacial score (nSPS) is 9.42. The highest BCUT2D eigenvalue weighted by Gasteiger charge is 2.05. The summed E-state index contributed by atoms with van der Waals surface area (Å²) >= 11 is 0. The van der Waals surface area contributed by atoms with Crippen molar-refractivity contribution in [3.63, 3.8) is 0 Å². The van der Waals surface area contributed by atoms with Crippen molar-refractivity contribution in [2.45, 2.75) is 0 Å². The van der Waals surface area contributed by atoms with Gasteiger partial charge in [-0.1, -0.05) is 0 Å². The second-order valence-corrected chi connectivity index (χ2v) is 2.09. The first-order chi connectivity index (χ1) is 5.74. The maximum Gasteiger partial charge on any atom is 0.340 e. The molecule has 0 amide bonds. The van der Waals surface area contributed by atoms with Gasteiger partial charge in [-0.25, -0.2) is 9.18 Å². The Kier molecular flexibility index (Phi) is 2.63. The summed E-state index contributed by atoms with van der Waals surface area (Å²) in [5.41, 5.74) is 0.213. The minimum Gasteiger partial charge on any atom is -0.508 e. The molecule has 0 saturated heterocycles. The predicted octanol–water partition coefficient (Wildman–Crippen LogP) is 1.48. The maximum atomic E-state index is 11.5. The average molecular weight is 170 g/mol. The summed E-state index contributed by atoms with van der Waals surface area (Å²) in [6.07, 6.45) is 0. The summed E-state index contributed by atoms with van der Waals surface area (Å²) < 4.78 is 15.6. The number of ether oxygens (including phenoxy) is 1. The molecule has 0 spiro atoms. The Balaban J connectivity index is 2.75. The molecule has 1 N–H and O–H groups in total. The zero-order chi connectivity index (χ0) is 8.97. The van der Waals surface area contributed by atoms with E-state index in [2.05, 4.69) is 4.74 Å². The van der Waals surface area contributed by atoms with Gasteiger partial charge in [0.25, 0.3) is 0 Å². The van der Waals surface area contributed by atoms with E-state index in [1.165, 1.54) is 24.3 Å². The number of aromatic hydroxyl groups is 1. The number of benzene rings is 1. The van der Waals surface area contributed by atoms with E-state index in [4.69, 9.17) is 5.11 Å². The third-order valence-electron chi connectivity index (χ3n) is 1.29. The lowest BCUT2D eigenvalue weighted by atomic mass is 10.2. The van der Waals surface area contributed by atoms with E-state index < -0.39 is 12.8 Å². The van der Waals surface area contributed by atoms with E-state index in [0.29, 0.717) is 0 Å². The van der Waals surface area contributed by atoms with Gasteiger partial charge in [-0.2, -0.15) is 0 Å². The first-order valence-corrected chi connectivity index (χ1v) is 3.26. The first-order valence-electron chi connectivity index (χ1n) is 3.26. The van der Waals surface area contributed by atoms with E-state index in [1.807, 2.05) is 0 Å². The van der Waals surface area contributed by atoms with Gasteiger partial charge in [0.05, 0.1) is 5.56 Å². The number of alkyl halides is 1. The van der Waals surface area contributed by atoms with Gasteiger partial charge >= 0.3 is 5.97 Å². The largest absolute Gasteiger partial charge is 0.508 e. The van der Waals surface area contributed by atoms with Crippen molar-refractivity contribution in [2.75, 3.05) is 6.86 Å². The Morgan fingerprint density at radius 1 is 1.42 bits per heavy atom. The summed E-state index contributed by atoms with van der Waals surface area (Å²) in [7, 11) is 0. The van der Waals surface area contributed by atoms with Crippen LogP contribution in [-0.4, -0.2) is 17.9 Å². The molecule has 12 heavy (non-hydrogen) atoms. The Hall–Kier alpha value is -1.58. The number of carbonyl (C=O) groups excluding carboxylic acids is 1. The van der Waals surface area contributed by atoms with Crippen LogP contribution in [0.2, 0.25) is 0 Å². The number of hydrogen-bond donors (Lipinski definition) is 1. The number of rotatable bonds is 2. The standard InChI is InChI=1S/C8H7FO3/c9-5-12-8(11)6-1-3-7(10)4-2-6/h1-4,10H,5H2. The molecule has 0 atom stereocenters. The third-order valence-corrected chi connectivity index (χ3v) is 1.29. The summed E-state index contributed by atoms with van der Waals surface area (Å²) in [6, 6.07) is 5.37. The fourth-order valence-corrected chi connectivity index (χ4v) is 0.730. The smallest absolute Gasteiger partial charge is 0.340 e. The molecule has 0 radical (unpaired) electrons. The van der Waals surface area contributed by atoms with E-state index >= 15 is 0 Å². The molecule has 1 rings (SSSR count). The minimum absolute atomic E-state index is 0.0480. The molecular formula is C8H7FO3. The summed E-state index contributed by atoms with van der Waals surface area (Å²) in [5.74, 6) is -0.690. The molecule has 0 heterocycles. The van der Waals surface area contributed by atoms with Crippen molar-refractivity contribution in [1.82, 2.24) is 0 Å². The fraction of sp³-hybridized carbons (Fsp3) is 0.125. The Morgan fingerprint density at radius 2 is 2.00 bits per heavy atom. The van der Waals surface area contributed by atoms with Crippen molar-refractivity contribution in [1.29, 1.82) is 0 Å². The maximum absolute atomic E-state index is 11.5. The number of phenolic OH excluding ortho intramolecular Hbond substituents is 1. The molecule has 0 fully saturated rings. The van der Waals surface area contributed by atoms with Crippen LogP contribution in [0.15, 0.2) is 24.3 Å². The SMILES string of the molecule is O=C(OCF)c1ccc(O)cc1. The number of halogens is 1. The van der Waals surface area contributed by atoms with Gasteiger partial charge in [-0.15, -0.1) is 0 Å². The fourth-order valence-electron chi connectivity index (χ4n) is 0.730. The molecule has 3 nitrogen and oxygen atoms in total. The molecule has 0 saturated carbocycles. The number of carbonyl (C=O) groups is 1. The van der Waals surface area contributed by atoms with Gasteiger partial charge in [-0.3, -0.25) is 0 Å². The molecule has 0 aliphatic rings. The highest BCUT2D eigenvalue weighted by molar-refractivity contribution is 5.89. The van der Waals surface area contributed by atoms with Crippen molar-refractivity contribution in [3.05, 3.63) is 29.8 Å². The van der Waals surface area contributed by atoms with Gasteiger partial charge in [0, 0.05) is 0 Å². The van der Waals surface area contributed by atoms with Gasteiger partial charge < -0.3 is 9.84 Å². The van der Waals surface area contributed by atoms with Crippen LogP contribution in [0, 0.1) is 0 Å². The van der Waals surface area contributed by atoms with Crippen LogP contribution in [0.3, 0.4) is 0 Å². The van der Waals surface area contributed by atoms with E-state index in [-0.39, 0.29) is 11.3 Å². The number of esters is 1. The second kappa shape index (κ2) is 3.71. The van der Waals surface area contributed by atoms with Crippen molar-refractivity contribution in [3.8, 4) is 5.75 Å². The molecule has 0 unspecified atom stereocenters.